The highest BCUT2D eigenvalue weighted by Crippen LogP contribution is 2.36. The zero-order chi connectivity index (χ0) is 29.6. The minimum absolute atomic E-state index is 0.00741. The molecule has 1 fully saturated rings. The first-order chi connectivity index (χ1) is 20.3. The number of carbonyl (C=O) groups is 1. The van der Waals surface area contributed by atoms with Crippen LogP contribution in [0, 0.1) is 0 Å². The van der Waals surface area contributed by atoms with E-state index in [2.05, 4.69) is 36.1 Å². The van der Waals surface area contributed by atoms with Crippen molar-refractivity contribution in [3.8, 4) is 17.3 Å². The Morgan fingerprint density at radius 3 is 2.62 bits per heavy atom. The summed E-state index contributed by atoms with van der Waals surface area (Å²) < 4.78 is 22.8. The van der Waals surface area contributed by atoms with Gasteiger partial charge >= 0.3 is 0 Å². The first-order valence-electron chi connectivity index (χ1n) is 12.4. The largest absolute Gasteiger partial charge is 0.496 e. The fourth-order valence-electron chi connectivity index (χ4n) is 4.13. The highest BCUT2D eigenvalue weighted by molar-refractivity contribution is 6.40. The number of nitrogens with one attached hydrogen (secondary N) is 1. The molecule has 4 aromatic rings. The van der Waals surface area contributed by atoms with Gasteiger partial charge in [-0.25, -0.2) is 10.1 Å². The zero-order valence-electron chi connectivity index (χ0n) is 22.1. The van der Waals surface area contributed by atoms with Crippen molar-refractivity contribution in [2.75, 3.05) is 39.1 Å². The first-order valence-corrected chi connectivity index (χ1v) is 13.6. The van der Waals surface area contributed by atoms with E-state index in [1.165, 1.54) is 23.0 Å². The van der Waals surface area contributed by atoms with E-state index in [-0.39, 0.29) is 34.0 Å². The summed E-state index contributed by atoms with van der Waals surface area (Å²) in [7, 11) is 1.54. The lowest BCUT2D eigenvalue weighted by Crippen LogP contribution is -2.37. The number of morpholine rings is 1. The van der Waals surface area contributed by atoms with Crippen LogP contribution < -0.4 is 20.6 Å². The Morgan fingerprint density at radius 2 is 1.93 bits per heavy atom. The van der Waals surface area contributed by atoms with Gasteiger partial charge in [0.05, 0.1) is 42.3 Å². The predicted molar refractivity (Wildman–Crippen MR) is 154 cm³/mol. The van der Waals surface area contributed by atoms with Crippen molar-refractivity contribution in [3.63, 3.8) is 0 Å². The number of hydrogen-bond acceptors (Lipinski definition) is 12. The van der Waals surface area contributed by atoms with Crippen molar-refractivity contribution in [2.45, 2.75) is 13.2 Å². The third kappa shape index (κ3) is 6.74. The Labute approximate surface area is 254 Å². The van der Waals surface area contributed by atoms with Crippen LogP contribution in [0.15, 0.2) is 40.1 Å². The Hall–Kier alpha value is -3.95. The molecule has 0 unspecified atom stereocenters. The number of rotatable bonds is 10. The number of methoxy groups -OCH3 is 1. The van der Waals surface area contributed by atoms with Gasteiger partial charge in [0.1, 0.15) is 12.4 Å². The summed E-state index contributed by atoms with van der Waals surface area (Å²) in [5, 5.41) is 20.5. The average Bonchev–Trinajstić information content (AvgIpc) is 3.58. The molecule has 0 radical (unpaired) electrons. The quantitative estimate of drug-likeness (QED) is 0.193. The van der Waals surface area contributed by atoms with Crippen LogP contribution in [0.4, 0.5) is 5.82 Å². The van der Waals surface area contributed by atoms with E-state index in [9.17, 15) is 4.79 Å². The number of nitrogen functional groups attached to an aromatic ring is 1. The van der Waals surface area contributed by atoms with E-state index in [1.54, 1.807) is 25.3 Å². The molecule has 17 heteroatoms. The maximum absolute atomic E-state index is 13.1. The summed E-state index contributed by atoms with van der Waals surface area (Å²) in [5.74, 6) is 0.416. The molecule has 0 bridgehead atoms. The van der Waals surface area contributed by atoms with Crippen molar-refractivity contribution < 1.29 is 23.6 Å². The molecule has 0 saturated carbocycles. The van der Waals surface area contributed by atoms with Crippen LogP contribution in [0.2, 0.25) is 15.1 Å². The molecule has 5 rings (SSSR count). The summed E-state index contributed by atoms with van der Waals surface area (Å²) in [6, 6.07) is 8.37. The Balaban J connectivity index is 1.31. The second-order valence-corrected chi connectivity index (χ2v) is 10.2. The molecule has 42 heavy (non-hydrogen) atoms. The van der Waals surface area contributed by atoms with Gasteiger partial charge in [-0.2, -0.15) is 9.78 Å². The SMILES string of the molecule is COc1ccc(/C=N\NC(=O)c2nnn(-c3nonc3N)c2CN2CCOCC2)cc1COc1c(Cl)cc(Cl)cc1Cl. The van der Waals surface area contributed by atoms with Crippen molar-refractivity contribution >= 4 is 52.7 Å². The average molecular weight is 637 g/mol. The van der Waals surface area contributed by atoms with Crippen molar-refractivity contribution in [1.29, 1.82) is 0 Å². The Kier molecular flexibility index (Phi) is 9.39. The predicted octanol–water partition coefficient (Wildman–Crippen LogP) is 3.38. The fraction of sp³-hybridized carbons (Fsp3) is 0.280. The van der Waals surface area contributed by atoms with Gasteiger partial charge in [0.25, 0.3) is 5.91 Å². The Morgan fingerprint density at radius 1 is 1.17 bits per heavy atom. The van der Waals surface area contributed by atoms with Crippen LogP contribution in [-0.2, 0) is 17.9 Å². The molecule has 1 saturated heterocycles. The molecule has 3 heterocycles. The van der Waals surface area contributed by atoms with E-state index >= 15 is 0 Å². The Bertz CT molecular complexity index is 1580. The molecule has 2 aromatic carbocycles. The van der Waals surface area contributed by atoms with E-state index in [0.29, 0.717) is 66.2 Å². The van der Waals surface area contributed by atoms with Crippen molar-refractivity contribution in [3.05, 3.63) is 67.9 Å². The maximum Gasteiger partial charge on any atom is 0.293 e. The molecule has 2 aromatic heterocycles. The van der Waals surface area contributed by atoms with Gasteiger partial charge in [0.15, 0.2) is 11.4 Å². The molecule has 220 valence electrons. The lowest BCUT2D eigenvalue weighted by atomic mass is 10.1. The number of carbonyl (C=O) groups excluding carboxylic acids is 1. The molecule has 1 aliphatic heterocycles. The summed E-state index contributed by atoms with van der Waals surface area (Å²) >= 11 is 18.5. The highest BCUT2D eigenvalue weighted by atomic mass is 35.5. The van der Waals surface area contributed by atoms with Gasteiger partial charge in [-0.3, -0.25) is 9.69 Å². The minimum atomic E-state index is -0.583. The molecule has 14 nitrogen and oxygen atoms in total. The molecule has 0 spiro atoms. The fourth-order valence-corrected chi connectivity index (χ4v) is 5.05. The number of anilines is 1. The number of ether oxygens (including phenoxy) is 3. The van der Waals surface area contributed by atoms with E-state index < -0.39 is 5.91 Å². The number of nitrogens with two attached hydrogens (primary N) is 1. The molecule has 0 aliphatic carbocycles. The van der Waals surface area contributed by atoms with E-state index in [1.807, 2.05) is 0 Å². The van der Waals surface area contributed by atoms with Gasteiger partial charge in [0.2, 0.25) is 11.6 Å². The number of benzene rings is 2. The van der Waals surface area contributed by atoms with Gasteiger partial charge in [-0.15, -0.1) is 5.10 Å². The molecule has 3 N–H and O–H groups in total. The summed E-state index contributed by atoms with van der Waals surface area (Å²) in [6.07, 6.45) is 1.47. The molecular weight excluding hydrogens is 613 g/mol. The smallest absolute Gasteiger partial charge is 0.293 e. The third-order valence-corrected chi connectivity index (χ3v) is 6.95. The van der Waals surface area contributed by atoms with Crippen LogP contribution >= 0.6 is 34.8 Å². The summed E-state index contributed by atoms with van der Waals surface area (Å²) in [5.41, 5.74) is 10.2. The van der Waals surface area contributed by atoms with Crippen molar-refractivity contribution in [2.24, 2.45) is 5.10 Å². The number of hydrazone groups is 1. The number of halogens is 3. The van der Waals surface area contributed by atoms with Crippen LogP contribution in [0.1, 0.15) is 27.3 Å². The summed E-state index contributed by atoms with van der Waals surface area (Å²) in [4.78, 5) is 15.2. The highest BCUT2D eigenvalue weighted by Gasteiger charge is 2.26. The summed E-state index contributed by atoms with van der Waals surface area (Å²) in [6.45, 7) is 2.88. The first kappa shape index (κ1) is 29.5. The second kappa shape index (κ2) is 13.4. The lowest BCUT2D eigenvalue weighted by molar-refractivity contribution is 0.0332. The maximum atomic E-state index is 13.1. The number of aromatic nitrogens is 5. The van der Waals surface area contributed by atoms with Crippen LogP contribution in [0.3, 0.4) is 0 Å². The number of amides is 1. The van der Waals surface area contributed by atoms with Crippen LogP contribution in [0.5, 0.6) is 11.5 Å². The van der Waals surface area contributed by atoms with Gasteiger partial charge in [-0.1, -0.05) is 40.0 Å². The van der Waals surface area contributed by atoms with Gasteiger partial charge in [0, 0.05) is 30.2 Å². The van der Waals surface area contributed by atoms with E-state index in [4.69, 9.17) is 59.4 Å². The van der Waals surface area contributed by atoms with E-state index in [0.717, 1.165) is 0 Å². The monoisotopic (exact) mass is 635 g/mol. The second-order valence-electron chi connectivity index (χ2n) is 8.92. The normalized spacial score (nSPS) is 13.9. The van der Waals surface area contributed by atoms with Crippen LogP contribution in [0.25, 0.3) is 5.82 Å². The minimum Gasteiger partial charge on any atom is -0.496 e. The number of nitrogens with zero attached hydrogens (tertiary/aromatic N) is 7. The lowest BCUT2D eigenvalue weighted by Gasteiger charge is -2.26. The zero-order valence-corrected chi connectivity index (χ0v) is 24.4. The molecular formula is C25H24Cl3N9O5. The van der Waals surface area contributed by atoms with Gasteiger partial charge < -0.3 is 19.9 Å². The van der Waals surface area contributed by atoms with Gasteiger partial charge in [-0.05, 0) is 46.2 Å². The molecule has 1 amide bonds. The van der Waals surface area contributed by atoms with Crippen molar-refractivity contribution in [1.82, 2.24) is 35.6 Å². The molecule has 0 atom stereocenters. The number of hydrogen-bond donors (Lipinski definition) is 2. The topological polar surface area (TPSA) is 168 Å². The molecule has 1 aliphatic rings. The third-order valence-electron chi connectivity index (χ3n) is 6.17. The van der Waals surface area contributed by atoms with Crippen LogP contribution in [-0.4, -0.2) is 75.7 Å². The standard InChI is InChI=1S/C25H24Cl3N9O5/c1-39-20-3-2-14(8-15(20)13-41-22-17(27)9-16(26)10-18(22)28)11-30-32-25(38)21-19(12-36-4-6-40-7-5-36)37(35-31-21)24-23(29)33-42-34-24/h2-3,8-11H,4-7,12-13H2,1H3,(H2,29,33)(H,32,38)/b30-11-.